The molecule has 0 spiro atoms. The number of hydrogen-bond acceptors (Lipinski definition) is 6. The van der Waals surface area contributed by atoms with Gasteiger partial charge in [-0.3, -0.25) is 4.90 Å². The average Bonchev–Trinajstić information content (AvgIpc) is 3.29. The maximum Gasteiger partial charge on any atom is 0.157 e. The Morgan fingerprint density at radius 2 is 1.56 bits per heavy atom. The molecule has 0 saturated carbocycles. The maximum atomic E-state index is 10.1. The van der Waals surface area contributed by atoms with Gasteiger partial charge in [0.2, 0.25) is 0 Å². The second kappa shape index (κ2) is 8.73. The highest BCUT2D eigenvalue weighted by Gasteiger charge is 2.19. The minimum Gasteiger partial charge on any atom is -0.506 e. The van der Waals surface area contributed by atoms with Crippen LogP contribution in [0.2, 0.25) is 0 Å². The molecule has 1 aliphatic rings. The van der Waals surface area contributed by atoms with E-state index in [4.69, 9.17) is 4.84 Å². The lowest BCUT2D eigenvalue weighted by atomic mass is 10.2. The third kappa shape index (κ3) is 4.06. The molecule has 0 unspecified atom stereocenters. The fraction of sp³-hybridized carbons (Fsp3) is 0.0385. The minimum atomic E-state index is 0.231. The maximum absolute atomic E-state index is 10.1. The molecule has 1 N–H and O–H groups in total. The van der Waals surface area contributed by atoms with Gasteiger partial charge in [-0.2, -0.15) is 5.06 Å². The first-order chi connectivity index (χ1) is 15.8. The largest absolute Gasteiger partial charge is 0.506 e. The second-order valence-corrected chi connectivity index (χ2v) is 7.26. The van der Waals surface area contributed by atoms with Gasteiger partial charge in [-0.25, -0.2) is 4.98 Å². The second-order valence-electron chi connectivity index (χ2n) is 7.26. The number of pyridine rings is 1. The standard InChI is InChI=1S/C26H22N4O2/c31-25-14-5-4-13-24(25)28-17-18-29(20-28)32-23-12-8-11-22(19-23)30(21-9-2-1-3-10-21)26-15-6-7-16-27-26/h1-19,31H,20H2. The predicted molar refractivity (Wildman–Crippen MR) is 126 cm³/mol. The normalized spacial score (nSPS) is 12.8. The summed E-state index contributed by atoms with van der Waals surface area (Å²) in [4.78, 5) is 14.7. The van der Waals surface area contributed by atoms with Crippen LogP contribution in [0.1, 0.15) is 0 Å². The third-order valence-electron chi connectivity index (χ3n) is 5.09. The lowest BCUT2D eigenvalue weighted by Gasteiger charge is -2.25. The van der Waals surface area contributed by atoms with E-state index < -0.39 is 0 Å². The van der Waals surface area contributed by atoms with Gasteiger partial charge >= 0.3 is 0 Å². The first kappa shape index (κ1) is 19.5. The molecule has 32 heavy (non-hydrogen) atoms. The molecule has 0 aliphatic carbocycles. The van der Waals surface area contributed by atoms with E-state index in [2.05, 4.69) is 22.0 Å². The summed E-state index contributed by atoms with van der Waals surface area (Å²) in [7, 11) is 0. The molecule has 0 radical (unpaired) electrons. The van der Waals surface area contributed by atoms with Crippen molar-refractivity contribution in [3.05, 3.63) is 116 Å². The van der Waals surface area contributed by atoms with E-state index in [0.29, 0.717) is 12.4 Å². The highest BCUT2D eigenvalue weighted by Crippen LogP contribution is 2.35. The van der Waals surface area contributed by atoms with E-state index in [1.54, 1.807) is 23.4 Å². The predicted octanol–water partition coefficient (Wildman–Crippen LogP) is 5.80. The number of hydroxylamine groups is 2. The number of rotatable bonds is 6. The highest BCUT2D eigenvalue weighted by molar-refractivity contribution is 5.74. The Labute approximate surface area is 186 Å². The molecular weight excluding hydrogens is 400 g/mol. The minimum absolute atomic E-state index is 0.231. The third-order valence-corrected chi connectivity index (χ3v) is 5.09. The van der Waals surface area contributed by atoms with Gasteiger partial charge in [0.1, 0.15) is 18.2 Å². The molecule has 6 heteroatoms. The molecular formula is C26H22N4O2. The number of benzene rings is 3. The number of anilines is 4. The Balaban J connectivity index is 1.38. The summed E-state index contributed by atoms with van der Waals surface area (Å²) < 4.78 is 0. The van der Waals surface area contributed by atoms with E-state index >= 15 is 0 Å². The summed E-state index contributed by atoms with van der Waals surface area (Å²) in [6, 6.07) is 31.1. The van der Waals surface area contributed by atoms with Crippen LogP contribution in [0.15, 0.2) is 116 Å². The number of para-hydroxylation sites is 3. The monoisotopic (exact) mass is 422 g/mol. The SMILES string of the molecule is Oc1ccccc1N1C=CN(Oc2cccc(N(c3ccccc3)c3ccccn3)c2)C1. The van der Waals surface area contributed by atoms with Crippen LogP contribution in [0.3, 0.4) is 0 Å². The average molecular weight is 422 g/mol. The zero-order valence-electron chi connectivity index (χ0n) is 17.3. The number of hydrogen-bond donors (Lipinski definition) is 1. The number of nitrogens with zero attached hydrogens (tertiary/aromatic N) is 4. The number of aromatic nitrogens is 1. The summed E-state index contributed by atoms with van der Waals surface area (Å²) in [6.45, 7) is 0.463. The Morgan fingerprint density at radius 1 is 0.781 bits per heavy atom. The van der Waals surface area contributed by atoms with E-state index in [9.17, 15) is 5.11 Å². The van der Waals surface area contributed by atoms with Crippen LogP contribution >= 0.6 is 0 Å². The number of phenols is 1. The lowest BCUT2D eigenvalue weighted by molar-refractivity contribution is 0.00338. The Morgan fingerprint density at radius 3 is 2.38 bits per heavy atom. The van der Waals surface area contributed by atoms with Gasteiger partial charge in [0, 0.05) is 24.2 Å². The molecule has 1 aliphatic heterocycles. The van der Waals surface area contributed by atoms with Crippen molar-refractivity contribution in [3.63, 3.8) is 0 Å². The van der Waals surface area contributed by atoms with Crippen molar-refractivity contribution in [2.24, 2.45) is 0 Å². The van der Waals surface area contributed by atoms with E-state index in [-0.39, 0.29) is 5.75 Å². The van der Waals surface area contributed by atoms with Gasteiger partial charge in [0.25, 0.3) is 0 Å². The molecule has 6 nitrogen and oxygen atoms in total. The zero-order chi connectivity index (χ0) is 21.8. The van der Waals surface area contributed by atoms with Gasteiger partial charge in [-0.1, -0.05) is 42.5 Å². The molecule has 0 atom stereocenters. The van der Waals surface area contributed by atoms with E-state index in [1.807, 2.05) is 90.1 Å². The number of phenolic OH excluding ortho intramolecular Hbond substituents is 1. The van der Waals surface area contributed by atoms with Crippen LogP contribution in [0.25, 0.3) is 0 Å². The van der Waals surface area contributed by atoms with Gasteiger partial charge in [-0.05, 0) is 48.5 Å². The highest BCUT2D eigenvalue weighted by atomic mass is 16.7. The van der Waals surface area contributed by atoms with Crippen molar-refractivity contribution in [1.29, 1.82) is 0 Å². The van der Waals surface area contributed by atoms with Crippen molar-refractivity contribution in [1.82, 2.24) is 10.0 Å². The Hall–Kier alpha value is -4.45. The number of aromatic hydroxyl groups is 1. The molecule has 0 saturated heterocycles. The molecule has 5 rings (SSSR count). The molecule has 0 fully saturated rings. The van der Waals surface area contributed by atoms with Crippen molar-refractivity contribution in [3.8, 4) is 11.5 Å². The zero-order valence-corrected chi connectivity index (χ0v) is 17.3. The quantitative estimate of drug-likeness (QED) is 0.424. The molecule has 0 bridgehead atoms. The van der Waals surface area contributed by atoms with Gasteiger partial charge < -0.3 is 14.8 Å². The molecule has 3 aromatic carbocycles. The Bertz CT molecular complexity index is 1180. The molecule has 1 aromatic heterocycles. The van der Waals surface area contributed by atoms with Crippen LogP contribution in [-0.4, -0.2) is 21.8 Å². The molecule has 2 heterocycles. The fourth-order valence-electron chi connectivity index (χ4n) is 3.61. The van der Waals surface area contributed by atoms with E-state index in [1.165, 1.54) is 0 Å². The first-order valence-corrected chi connectivity index (χ1v) is 10.3. The summed E-state index contributed by atoms with van der Waals surface area (Å²) in [5.41, 5.74) is 2.68. The van der Waals surface area contributed by atoms with Crippen LogP contribution in [0, 0.1) is 0 Å². The van der Waals surface area contributed by atoms with Crippen LogP contribution in [0.4, 0.5) is 22.9 Å². The van der Waals surface area contributed by atoms with Crippen molar-refractivity contribution in [2.45, 2.75) is 0 Å². The van der Waals surface area contributed by atoms with Crippen LogP contribution < -0.4 is 14.6 Å². The Kier molecular flexibility index (Phi) is 5.32. The summed E-state index contributed by atoms with van der Waals surface area (Å²) in [5.74, 6) is 1.75. The summed E-state index contributed by atoms with van der Waals surface area (Å²) >= 11 is 0. The smallest absolute Gasteiger partial charge is 0.157 e. The summed E-state index contributed by atoms with van der Waals surface area (Å²) in [5, 5.41) is 11.8. The topological polar surface area (TPSA) is 52.1 Å². The van der Waals surface area contributed by atoms with Crippen molar-refractivity contribution in [2.75, 3.05) is 16.5 Å². The molecule has 158 valence electrons. The molecule has 0 amide bonds. The molecule has 4 aromatic rings. The first-order valence-electron chi connectivity index (χ1n) is 10.3. The van der Waals surface area contributed by atoms with Crippen LogP contribution in [0.5, 0.6) is 11.5 Å². The fourth-order valence-corrected chi connectivity index (χ4v) is 3.61. The van der Waals surface area contributed by atoms with Gasteiger partial charge in [0.15, 0.2) is 5.75 Å². The van der Waals surface area contributed by atoms with E-state index in [0.717, 1.165) is 22.9 Å². The van der Waals surface area contributed by atoms with Crippen molar-refractivity contribution >= 4 is 22.9 Å². The summed E-state index contributed by atoms with van der Waals surface area (Å²) in [6.07, 6.45) is 5.50. The van der Waals surface area contributed by atoms with Crippen LogP contribution in [-0.2, 0) is 0 Å². The lowest BCUT2D eigenvalue weighted by Crippen LogP contribution is -2.27. The van der Waals surface area contributed by atoms with Gasteiger partial charge in [-0.15, -0.1) is 0 Å². The van der Waals surface area contributed by atoms with Gasteiger partial charge in [0.05, 0.1) is 17.6 Å². The van der Waals surface area contributed by atoms with Crippen molar-refractivity contribution < 1.29 is 9.94 Å².